The molecule has 2 rings (SSSR count). The minimum absolute atomic E-state index is 0.264. The Kier molecular flexibility index (Phi) is 2.79. The smallest absolute Gasteiger partial charge is 0.265 e. The fourth-order valence-electron chi connectivity index (χ4n) is 1.66. The van der Waals surface area contributed by atoms with Crippen LogP contribution in [0.4, 0.5) is 0 Å². The van der Waals surface area contributed by atoms with Crippen LogP contribution in [0.1, 0.15) is 11.4 Å². The van der Waals surface area contributed by atoms with Gasteiger partial charge < -0.3 is 0 Å². The second kappa shape index (κ2) is 4.10. The van der Waals surface area contributed by atoms with Gasteiger partial charge >= 0.3 is 5.69 Å². The highest BCUT2D eigenvalue weighted by Crippen LogP contribution is 2.13. The molecule has 16 heavy (non-hydrogen) atoms. The lowest BCUT2D eigenvalue weighted by Gasteiger charge is -2.09. The van der Waals surface area contributed by atoms with Gasteiger partial charge in [0, 0.05) is 16.4 Å². The molecule has 0 saturated carbocycles. The van der Waals surface area contributed by atoms with Crippen LogP contribution in [0, 0.1) is 13.8 Å². The van der Waals surface area contributed by atoms with Crippen LogP contribution in [0.15, 0.2) is 35.1 Å². The number of benzene rings is 1. The molecule has 0 amide bonds. The average molecular weight is 235 g/mol. The van der Waals surface area contributed by atoms with Gasteiger partial charge in [-0.2, -0.15) is 4.98 Å². The van der Waals surface area contributed by atoms with Gasteiger partial charge in [-0.3, -0.25) is 4.57 Å². The molecule has 0 aliphatic heterocycles. The molecular weight excluding hydrogens is 224 g/mol. The second-order valence-corrected chi connectivity index (χ2v) is 4.07. The monoisotopic (exact) mass is 234 g/mol. The van der Waals surface area contributed by atoms with E-state index in [0.29, 0.717) is 5.02 Å². The van der Waals surface area contributed by atoms with Crippen molar-refractivity contribution in [2.75, 3.05) is 0 Å². The van der Waals surface area contributed by atoms with E-state index in [-0.39, 0.29) is 5.69 Å². The molecule has 0 atom stereocenters. The average Bonchev–Trinajstić information content (AvgIpc) is 2.19. The van der Waals surface area contributed by atoms with Crippen molar-refractivity contribution in [1.82, 2.24) is 9.55 Å². The van der Waals surface area contributed by atoms with Crippen molar-refractivity contribution in [3.05, 3.63) is 57.2 Å². The molecule has 0 spiro atoms. The van der Waals surface area contributed by atoms with Gasteiger partial charge in [0.1, 0.15) is 0 Å². The Balaban J connectivity index is 2.65. The Morgan fingerprint density at radius 2 is 1.81 bits per heavy atom. The predicted octanol–water partition coefficient (Wildman–Crippen LogP) is 2.50. The number of hydrogen-bond donors (Lipinski definition) is 0. The first kappa shape index (κ1) is 10.9. The third-order valence-corrected chi connectivity index (χ3v) is 2.57. The summed E-state index contributed by atoms with van der Waals surface area (Å²) in [5.41, 5.74) is 2.10. The van der Waals surface area contributed by atoms with Crippen LogP contribution in [-0.4, -0.2) is 9.55 Å². The van der Waals surface area contributed by atoms with Crippen molar-refractivity contribution in [2.24, 2.45) is 0 Å². The number of nitrogens with zero attached hydrogens (tertiary/aromatic N) is 2. The molecule has 2 aromatic rings. The largest absolute Gasteiger partial charge is 0.352 e. The summed E-state index contributed by atoms with van der Waals surface area (Å²) in [6.07, 6.45) is 0. The number of rotatable bonds is 1. The maximum absolute atomic E-state index is 11.8. The van der Waals surface area contributed by atoms with Gasteiger partial charge in [-0.1, -0.05) is 11.6 Å². The van der Waals surface area contributed by atoms with Crippen LogP contribution in [0.25, 0.3) is 5.69 Å². The quantitative estimate of drug-likeness (QED) is 0.760. The van der Waals surface area contributed by atoms with Crippen LogP contribution in [0.2, 0.25) is 5.02 Å². The molecule has 0 radical (unpaired) electrons. The summed E-state index contributed by atoms with van der Waals surface area (Å²) < 4.78 is 1.56. The van der Waals surface area contributed by atoms with Crippen molar-refractivity contribution in [3.63, 3.8) is 0 Å². The van der Waals surface area contributed by atoms with E-state index >= 15 is 0 Å². The summed E-state index contributed by atoms with van der Waals surface area (Å²) >= 11 is 5.80. The molecule has 3 nitrogen and oxygen atoms in total. The number of aromatic nitrogens is 2. The minimum atomic E-state index is -0.264. The zero-order chi connectivity index (χ0) is 11.7. The van der Waals surface area contributed by atoms with Crippen LogP contribution < -0.4 is 5.69 Å². The summed E-state index contributed by atoms with van der Waals surface area (Å²) in [4.78, 5) is 15.7. The van der Waals surface area contributed by atoms with Crippen molar-refractivity contribution in [1.29, 1.82) is 0 Å². The zero-order valence-electron chi connectivity index (χ0n) is 9.07. The first-order valence-corrected chi connectivity index (χ1v) is 5.29. The van der Waals surface area contributed by atoms with Crippen LogP contribution in [-0.2, 0) is 0 Å². The minimum Gasteiger partial charge on any atom is -0.265 e. The highest BCUT2D eigenvalue weighted by Gasteiger charge is 2.04. The molecule has 0 aliphatic carbocycles. The van der Waals surface area contributed by atoms with Gasteiger partial charge in [-0.05, 0) is 44.2 Å². The summed E-state index contributed by atoms with van der Waals surface area (Å²) in [6.45, 7) is 3.69. The first-order valence-electron chi connectivity index (χ1n) is 4.91. The Morgan fingerprint density at radius 1 is 1.19 bits per heavy atom. The summed E-state index contributed by atoms with van der Waals surface area (Å²) in [6, 6.07) is 8.97. The van der Waals surface area contributed by atoms with Crippen LogP contribution in [0.5, 0.6) is 0 Å². The highest BCUT2D eigenvalue weighted by molar-refractivity contribution is 6.30. The van der Waals surface area contributed by atoms with Crippen molar-refractivity contribution in [3.8, 4) is 5.69 Å². The maximum Gasteiger partial charge on any atom is 0.352 e. The maximum atomic E-state index is 11.8. The van der Waals surface area contributed by atoms with Crippen molar-refractivity contribution >= 4 is 11.6 Å². The van der Waals surface area contributed by atoms with E-state index in [9.17, 15) is 4.79 Å². The Morgan fingerprint density at radius 3 is 2.38 bits per heavy atom. The molecule has 0 unspecified atom stereocenters. The van der Waals surface area contributed by atoms with Gasteiger partial charge in [0.05, 0.1) is 5.69 Å². The molecule has 0 N–H and O–H groups in total. The molecule has 0 bridgehead atoms. The van der Waals surface area contributed by atoms with Gasteiger partial charge in [-0.25, -0.2) is 4.79 Å². The Hall–Kier alpha value is -1.61. The van der Waals surface area contributed by atoms with Crippen molar-refractivity contribution in [2.45, 2.75) is 13.8 Å². The lowest BCUT2D eigenvalue weighted by molar-refractivity contribution is 0.855. The normalized spacial score (nSPS) is 10.4. The van der Waals surface area contributed by atoms with E-state index in [2.05, 4.69) is 4.98 Å². The standard InChI is InChI=1S/C12H11ClN2O/c1-8-7-9(2)15(12(16)14-8)11-5-3-10(13)4-6-11/h3-7H,1-2H3. The number of halogens is 1. The third kappa shape index (κ3) is 1.99. The highest BCUT2D eigenvalue weighted by atomic mass is 35.5. The molecule has 0 fully saturated rings. The molecule has 0 saturated heterocycles. The Bertz CT molecular complexity index is 573. The van der Waals surface area contributed by atoms with E-state index in [1.165, 1.54) is 0 Å². The van der Waals surface area contributed by atoms with Gasteiger partial charge in [0.15, 0.2) is 0 Å². The van der Waals surface area contributed by atoms with Gasteiger partial charge in [0.2, 0.25) is 0 Å². The fourth-order valence-corrected chi connectivity index (χ4v) is 1.78. The molecular formula is C12H11ClN2O. The molecule has 0 aliphatic rings. The summed E-state index contributed by atoms with van der Waals surface area (Å²) in [5.74, 6) is 0. The molecule has 1 aromatic heterocycles. The summed E-state index contributed by atoms with van der Waals surface area (Å²) in [5, 5.41) is 0.648. The van der Waals surface area contributed by atoms with E-state index < -0.39 is 0 Å². The number of hydrogen-bond acceptors (Lipinski definition) is 2. The van der Waals surface area contributed by atoms with E-state index in [1.54, 1.807) is 35.8 Å². The molecule has 4 heteroatoms. The van der Waals surface area contributed by atoms with Crippen molar-refractivity contribution < 1.29 is 0 Å². The topological polar surface area (TPSA) is 34.9 Å². The van der Waals surface area contributed by atoms with E-state index in [4.69, 9.17) is 11.6 Å². The molecule has 82 valence electrons. The molecule has 1 heterocycles. The summed E-state index contributed by atoms with van der Waals surface area (Å²) in [7, 11) is 0. The van der Waals surface area contributed by atoms with Gasteiger partial charge in [-0.15, -0.1) is 0 Å². The Labute approximate surface area is 98.3 Å². The van der Waals surface area contributed by atoms with Crippen LogP contribution in [0.3, 0.4) is 0 Å². The van der Waals surface area contributed by atoms with E-state index in [1.807, 2.05) is 13.0 Å². The lowest BCUT2D eigenvalue weighted by Crippen LogP contribution is -2.23. The van der Waals surface area contributed by atoms with Gasteiger partial charge in [0.25, 0.3) is 0 Å². The predicted molar refractivity (Wildman–Crippen MR) is 64.3 cm³/mol. The zero-order valence-corrected chi connectivity index (χ0v) is 9.82. The SMILES string of the molecule is Cc1cc(C)n(-c2ccc(Cl)cc2)c(=O)n1. The number of aryl methyl sites for hydroxylation is 2. The first-order chi connectivity index (χ1) is 7.58. The third-order valence-electron chi connectivity index (χ3n) is 2.32. The van der Waals surface area contributed by atoms with E-state index in [0.717, 1.165) is 17.1 Å². The second-order valence-electron chi connectivity index (χ2n) is 3.63. The molecule has 1 aromatic carbocycles. The fraction of sp³-hybridized carbons (Fsp3) is 0.167. The van der Waals surface area contributed by atoms with Crippen LogP contribution >= 0.6 is 11.6 Å². The lowest BCUT2D eigenvalue weighted by atomic mass is 10.3.